The van der Waals surface area contributed by atoms with Crippen LogP contribution in [-0.2, 0) is 16.4 Å². The number of aryl methyl sites for hydroxylation is 1. The lowest BCUT2D eigenvalue weighted by atomic mass is 10.1. The number of rotatable bonds is 8. The molecule has 0 saturated heterocycles. The summed E-state index contributed by atoms with van der Waals surface area (Å²) in [5.74, 6) is 0.796. The van der Waals surface area contributed by atoms with E-state index in [1.54, 1.807) is 30.3 Å². The molecular formula is C19H20N4O2S. The molecule has 0 amide bonds. The summed E-state index contributed by atoms with van der Waals surface area (Å²) in [5.41, 5.74) is 1.30. The summed E-state index contributed by atoms with van der Waals surface area (Å²) in [4.78, 5) is 0.185. The highest BCUT2D eigenvalue weighted by Crippen LogP contribution is 2.14. The predicted octanol–water partition coefficient (Wildman–Crippen LogP) is 3.32. The number of benzene rings is 2. The van der Waals surface area contributed by atoms with Crippen molar-refractivity contribution in [1.82, 2.24) is 10.2 Å². The first-order valence-electron chi connectivity index (χ1n) is 8.33. The molecule has 0 radical (unpaired) electrons. The van der Waals surface area contributed by atoms with Crippen LogP contribution in [0.5, 0.6) is 0 Å². The van der Waals surface area contributed by atoms with Crippen molar-refractivity contribution in [2.75, 3.05) is 16.6 Å². The Balaban J connectivity index is 1.50. The summed E-state index contributed by atoms with van der Waals surface area (Å²) in [6, 6.07) is 21.7. The Morgan fingerprint density at radius 2 is 1.38 bits per heavy atom. The molecule has 7 heteroatoms. The van der Waals surface area contributed by atoms with Crippen molar-refractivity contribution in [2.45, 2.75) is 17.7 Å². The van der Waals surface area contributed by atoms with Crippen LogP contribution in [0.1, 0.15) is 12.0 Å². The SMILES string of the molecule is O=S(=O)(Nc1ccc(NCCCc2ccccc2)nn1)c1ccccc1. The van der Waals surface area contributed by atoms with E-state index in [2.05, 4.69) is 32.4 Å². The number of hydrogen-bond donors (Lipinski definition) is 2. The summed E-state index contributed by atoms with van der Waals surface area (Å²) in [7, 11) is -3.65. The van der Waals surface area contributed by atoms with Gasteiger partial charge in [0.05, 0.1) is 4.90 Å². The van der Waals surface area contributed by atoms with Gasteiger partial charge in [-0.05, 0) is 42.7 Å². The van der Waals surface area contributed by atoms with Crippen LogP contribution in [-0.4, -0.2) is 25.2 Å². The van der Waals surface area contributed by atoms with E-state index < -0.39 is 10.0 Å². The van der Waals surface area contributed by atoms with Gasteiger partial charge in [0.15, 0.2) is 5.82 Å². The lowest BCUT2D eigenvalue weighted by Crippen LogP contribution is -2.14. The van der Waals surface area contributed by atoms with Crippen LogP contribution in [0.4, 0.5) is 11.6 Å². The molecule has 0 atom stereocenters. The smallest absolute Gasteiger partial charge is 0.263 e. The average Bonchev–Trinajstić information content (AvgIpc) is 2.68. The number of anilines is 2. The molecule has 6 nitrogen and oxygen atoms in total. The van der Waals surface area contributed by atoms with E-state index in [9.17, 15) is 8.42 Å². The zero-order chi connectivity index (χ0) is 18.2. The van der Waals surface area contributed by atoms with Gasteiger partial charge < -0.3 is 5.32 Å². The van der Waals surface area contributed by atoms with Gasteiger partial charge in [-0.25, -0.2) is 8.42 Å². The second-order valence-corrected chi connectivity index (χ2v) is 7.42. The van der Waals surface area contributed by atoms with Gasteiger partial charge in [0.1, 0.15) is 5.82 Å². The molecule has 26 heavy (non-hydrogen) atoms. The minimum Gasteiger partial charge on any atom is -0.369 e. The third kappa shape index (κ3) is 5.03. The Morgan fingerprint density at radius 1 is 0.769 bits per heavy atom. The standard InChI is InChI=1S/C19H20N4O2S/c24-26(25,17-11-5-2-6-12-17)23-19-14-13-18(21-22-19)20-15-7-10-16-8-3-1-4-9-16/h1-6,8-9,11-14H,7,10,15H2,(H,20,21)(H,22,23). The Kier molecular flexibility index (Phi) is 5.80. The van der Waals surface area contributed by atoms with Gasteiger partial charge in [0.25, 0.3) is 10.0 Å². The molecule has 2 aromatic carbocycles. The minimum atomic E-state index is -3.65. The number of aromatic nitrogens is 2. The second-order valence-electron chi connectivity index (χ2n) is 5.74. The van der Waals surface area contributed by atoms with Crippen LogP contribution < -0.4 is 10.0 Å². The van der Waals surface area contributed by atoms with E-state index >= 15 is 0 Å². The quantitative estimate of drug-likeness (QED) is 0.596. The topological polar surface area (TPSA) is 84.0 Å². The highest BCUT2D eigenvalue weighted by atomic mass is 32.2. The number of sulfonamides is 1. The van der Waals surface area contributed by atoms with E-state index in [0.29, 0.717) is 5.82 Å². The van der Waals surface area contributed by atoms with Crippen molar-refractivity contribution in [3.8, 4) is 0 Å². The van der Waals surface area contributed by atoms with E-state index in [4.69, 9.17) is 0 Å². The third-order valence-electron chi connectivity index (χ3n) is 3.75. The first-order chi connectivity index (χ1) is 12.6. The van der Waals surface area contributed by atoms with Crippen LogP contribution in [0.2, 0.25) is 0 Å². The van der Waals surface area contributed by atoms with E-state index in [-0.39, 0.29) is 10.7 Å². The van der Waals surface area contributed by atoms with E-state index in [0.717, 1.165) is 19.4 Å². The lowest BCUT2D eigenvalue weighted by molar-refractivity contribution is 0.601. The van der Waals surface area contributed by atoms with Crippen molar-refractivity contribution >= 4 is 21.7 Å². The molecule has 1 heterocycles. The monoisotopic (exact) mass is 368 g/mol. The summed E-state index contributed by atoms with van der Waals surface area (Å²) in [6.45, 7) is 0.763. The molecule has 0 aliphatic heterocycles. The summed E-state index contributed by atoms with van der Waals surface area (Å²) >= 11 is 0. The van der Waals surface area contributed by atoms with Gasteiger partial charge in [-0.1, -0.05) is 48.5 Å². The molecule has 134 valence electrons. The van der Waals surface area contributed by atoms with E-state index in [1.807, 2.05) is 18.2 Å². The highest BCUT2D eigenvalue weighted by Gasteiger charge is 2.14. The summed E-state index contributed by atoms with van der Waals surface area (Å²) < 4.78 is 26.9. The molecule has 0 aliphatic rings. The van der Waals surface area contributed by atoms with Crippen LogP contribution in [0, 0.1) is 0 Å². The molecule has 3 rings (SSSR count). The van der Waals surface area contributed by atoms with E-state index in [1.165, 1.54) is 17.7 Å². The molecule has 3 aromatic rings. The number of nitrogens with one attached hydrogen (secondary N) is 2. The fourth-order valence-corrected chi connectivity index (χ4v) is 3.45. The van der Waals surface area contributed by atoms with Gasteiger partial charge in [0.2, 0.25) is 0 Å². The summed E-state index contributed by atoms with van der Waals surface area (Å²) in [6.07, 6.45) is 1.95. The van der Waals surface area contributed by atoms with Gasteiger partial charge in [-0.2, -0.15) is 0 Å². The molecular weight excluding hydrogens is 348 g/mol. The molecule has 1 aromatic heterocycles. The molecule has 0 aliphatic carbocycles. The number of hydrogen-bond acceptors (Lipinski definition) is 5. The van der Waals surface area contributed by atoms with Crippen LogP contribution in [0.25, 0.3) is 0 Å². The van der Waals surface area contributed by atoms with Crippen molar-refractivity contribution in [1.29, 1.82) is 0 Å². The van der Waals surface area contributed by atoms with Crippen molar-refractivity contribution in [3.63, 3.8) is 0 Å². The lowest BCUT2D eigenvalue weighted by Gasteiger charge is -2.08. The van der Waals surface area contributed by atoms with Gasteiger partial charge in [-0.15, -0.1) is 10.2 Å². The Hall–Kier alpha value is -2.93. The molecule has 0 unspecified atom stereocenters. The van der Waals surface area contributed by atoms with Crippen molar-refractivity contribution in [3.05, 3.63) is 78.4 Å². The normalized spacial score (nSPS) is 11.1. The Morgan fingerprint density at radius 3 is 2.04 bits per heavy atom. The second kappa shape index (κ2) is 8.44. The zero-order valence-corrected chi connectivity index (χ0v) is 15.0. The van der Waals surface area contributed by atoms with Crippen LogP contribution >= 0.6 is 0 Å². The summed E-state index contributed by atoms with van der Waals surface area (Å²) in [5, 5.41) is 11.1. The molecule has 0 saturated carbocycles. The maximum atomic E-state index is 12.2. The van der Waals surface area contributed by atoms with Crippen LogP contribution in [0.3, 0.4) is 0 Å². The van der Waals surface area contributed by atoms with Gasteiger partial charge in [-0.3, -0.25) is 4.72 Å². The van der Waals surface area contributed by atoms with Crippen molar-refractivity contribution in [2.24, 2.45) is 0 Å². The minimum absolute atomic E-state index is 0.184. The molecule has 0 spiro atoms. The van der Waals surface area contributed by atoms with Gasteiger partial charge >= 0.3 is 0 Å². The predicted molar refractivity (Wildman–Crippen MR) is 103 cm³/mol. The maximum Gasteiger partial charge on any atom is 0.263 e. The zero-order valence-electron chi connectivity index (χ0n) is 14.2. The largest absolute Gasteiger partial charge is 0.369 e. The molecule has 0 bridgehead atoms. The fourth-order valence-electron chi connectivity index (χ4n) is 2.43. The third-order valence-corrected chi connectivity index (χ3v) is 5.12. The average molecular weight is 368 g/mol. The van der Waals surface area contributed by atoms with Gasteiger partial charge in [0, 0.05) is 6.54 Å². The van der Waals surface area contributed by atoms with Crippen molar-refractivity contribution < 1.29 is 8.42 Å². The fraction of sp³-hybridized carbons (Fsp3) is 0.158. The first kappa shape index (κ1) is 17.9. The maximum absolute atomic E-state index is 12.2. The van der Waals surface area contributed by atoms with Crippen LogP contribution in [0.15, 0.2) is 77.7 Å². The highest BCUT2D eigenvalue weighted by molar-refractivity contribution is 7.92. The first-order valence-corrected chi connectivity index (χ1v) is 9.81. The Bertz CT molecular complexity index is 915. The molecule has 2 N–H and O–H groups in total. The number of nitrogens with zero attached hydrogens (tertiary/aromatic N) is 2. The Labute approximate surface area is 153 Å². The molecule has 0 fully saturated rings.